The standard InChI is InChI=1S/C15H23F3O2Si/c1-15(2,3)21(5,6)20-9-11-12(16)7-10(8-19-4)13(17)14(11)18/h7H,8-9H2,1-6H3. The van der Waals surface area contributed by atoms with Crippen LogP contribution in [0, 0.1) is 17.5 Å². The van der Waals surface area contributed by atoms with Gasteiger partial charge in [0.05, 0.1) is 18.8 Å². The molecule has 0 atom stereocenters. The van der Waals surface area contributed by atoms with Crippen molar-refractivity contribution in [2.24, 2.45) is 0 Å². The molecule has 1 aromatic rings. The van der Waals surface area contributed by atoms with Gasteiger partial charge in [-0.05, 0) is 24.2 Å². The molecule has 120 valence electrons. The third-order valence-corrected chi connectivity index (χ3v) is 8.49. The lowest BCUT2D eigenvalue weighted by molar-refractivity contribution is 0.179. The molecule has 21 heavy (non-hydrogen) atoms. The highest BCUT2D eigenvalue weighted by molar-refractivity contribution is 6.74. The molecule has 0 aliphatic carbocycles. The van der Waals surface area contributed by atoms with E-state index < -0.39 is 25.8 Å². The molecule has 0 radical (unpaired) electrons. The second-order valence-electron chi connectivity index (χ2n) is 6.61. The normalized spacial score (nSPS) is 12.8. The van der Waals surface area contributed by atoms with Gasteiger partial charge in [0, 0.05) is 12.7 Å². The van der Waals surface area contributed by atoms with Crippen molar-refractivity contribution in [1.29, 1.82) is 0 Å². The van der Waals surface area contributed by atoms with Gasteiger partial charge >= 0.3 is 0 Å². The van der Waals surface area contributed by atoms with E-state index in [2.05, 4.69) is 0 Å². The monoisotopic (exact) mass is 320 g/mol. The van der Waals surface area contributed by atoms with Gasteiger partial charge in [-0.25, -0.2) is 13.2 Å². The van der Waals surface area contributed by atoms with Gasteiger partial charge in [-0.2, -0.15) is 0 Å². The zero-order chi connectivity index (χ0) is 16.4. The molecule has 1 rings (SSSR count). The molecule has 0 N–H and O–H groups in total. The van der Waals surface area contributed by atoms with E-state index in [1.165, 1.54) is 7.11 Å². The zero-order valence-corrected chi connectivity index (χ0v) is 14.4. The molecule has 2 nitrogen and oxygen atoms in total. The van der Waals surface area contributed by atoms with Crippen LogP contribution in [-0.4, -0.2) is 15.4 Å². The Morgan fingerprint density at radius 3 is 2.10 bits per heavy atom. The Labute approximate surface area is 125 Å². The number of hydrogen-bond donors (Lipinski definition) is 0. The summed E-state index contributed by atoms with van der Waals surface area (Å²) >= 11 is 0. The fourth-order valence-electron chi connectivity index (χ4n) is 1.54. The van der Waals surface area contributed by atoms with Gasteiger partial charge < -0.3 is 9.16 Å². The Morgan fingerprint density at radius 1 is 1.05 bits per heavy atom. The highest BCUT2D eigenvalue weighted by Gasteiger charge is 2.37. The van der Waals surface area contributed by atoms with Gasteiger partial charge in [0.25, 0.3) is 0 Å². The lowest BCUT2D eigenvalue weighted by Gasteiger charge is -2.36. The van der Waals surface area contributed by atoms with Crippen molar-refractivity contribution in [3.05, 3.63) is 34.6 Å². The first-order valence-corrected chi connectivity index (χ1v) is 9.70. The molecule has 0 bridgehead atoms. The molecule has 0 spiro atoms. The first kappa shape index (κ1) is 18.2. The summed E-state index contributed by atoms with van der Waals surface area (Å²) in [5.74, 6) is -3.08. The van der Waals surface area contributed by atoms with Gasteiger partial charge in [-0.1, -0.05) is 20.8 Å². The first-order chi connectivity index (χ1) is 9.51. The first-order valence-electron chi connectivity index (χ1n) is 6.79. The van der Waals surface area contributed by atoms with Crippen LogP contribution in [0.5, 0.6) is 0 Å². The molecule has 0 aromatic heterocycles. The maximum absolute atomic E-state index is 14.0. The fraction of sp³-hybridized carbons (Fsp3) is 0.600. The van der Waals surface area contributed by atoms with Crippen LogP contribution < -0.4 is 0 Å². The summed E-state index contributed by atoms with van der Waals surface area (Å²) in [6.45, 7) is 9.56. The van der Waals surface area contributed by atoms with Crippen molar-refractivity contribution in [3.8, 4) is 0 Å². The molecular weight excluding hydrogens is 297 g/mol. The molecule has 0 heterocycles. The summed E-state index contributed by atoms with van der Waals surface area (Å²) in [5, 5.41) is -0.0888. The van der Waals surface area contributed by atoms with E-state index in [1.807, 2.05) is 33.9 Å². The van der Waals surface area contributed by atoms with Crippen LogP contribution in [0.3, 0.4) is 0 Å². The van der Waals surface area contributed by atoms with Crippen molar-refractivity contribution < 1.29 is 22.3 Å². The Morgan fingerprint density at radius 2 is 1.62 bits per heavy atom. The average Bonchev–Trinajstić information content (AvgIpc) is 2.34. The summed E-state index contributed by atoms with van der Waals surface area (Å²) in [6.07, 6.45) is 0. The lowest BCUT2D eigenvalue weighted by Crippen LogP contribution is -2.40. The van der Waals surface area contributed by atoms with E-state index in [1.54, 1.807) is 0 Å². The molecule has 0 aliphatic rings. The smallest absolute Gasteiger partial charge is 0.192 e. The number of halogens is 3. The predicted molar refractivity (Wildman–Crippen MR) is 79.0 cm³/mol. The van der Waals surface area contributed by atoms with E-state index in [4.69, 9.17) is 9.16 Å². The number of hydrogen-bond acceptors (Lipinski definition) is 2. The maximum Gasteiger partial charge on any atom is 0.192 e. The van der Waals surface area contributed by atoms with Gasteiger partial charge in [0.2, 0.25) is 0 Å². The van der Waals surface area contributed by atoms with Crippen molar-refractivity contribution >= 4 is 8.32 Å². The minimum Gasteiger partial charge on any atom is -0.412 e. The van der Waals surface area contributed by atoms with Crippen LogP contribution in [0.1, 0.15) is 31.9 Å². The highest BCUT2D eigenvalue weighted by Crippen LogP contribution is 2.37. The summed E-state index contributed by atoms with van der Waals surface area (Å²) in [6, 6.07) is 0.965. The van der Waals surface area contributed by atoms with Crippen LogP contribution in [-0.2, 0) is 22.4 Å². The molecule has 0 amide bonds. The average molecular weight is 320 g/mol. The molecule has 0 fully saturated rings. The minimum absolute atomic E-state index is 0.0888. The van der Waals surface area contributed by atoms with Crippen molar-refractivity contribution in [3.63, 3.8) is 0 Å². The Bertz CT molecular complexity index is 511. The van der Waals surface area contributed by atoms with Crippen LogP contribution in [0.25, 0.3) is 0 Å². The van der Waals surface area contributed by atoms with Gasteiger partial charge in [0.15, 0.2) is 20.0 Å². The second-order valence-corrected chi connectivity index (χ2v) is 11.4. The largest absolute Gasteiger partial charge is 0.412 e. The summed E-state index contributed by atoms with van der Waals surface area (Å²) in [5.41, 5.74) is -0.499. The molecule has 0 saturated heterocycles. The van der Waals surface area contributed by atoms with Crippen molar-refractivity contribution in [1.82, 2.24) is 0 Å². The van der Waals surface area contributed by atoms with Gasteiger partial charge in [-0.15, -0.1) is 0 Å². The molecular formula is C15H23F3O2Si. The van der Waals surface area contributed by atoms with Crippen molar-refractivity contribution in [2.45, 2.75) is 52.1 Å². The van der Waals surface area contributed by atoms with E-state index in [0.717, 1.165) is 6.07 Å². The number of rotatable bonds is 5. The van der Waals surface area contributed by atoms with Crippen LogP contribution in [0.2, 0.25) is 18.1 Å². The molecule has 6 heteroatoms. The van der Waals surface area contributed by atoms with E-state index >= 15 is 0 Å². The summed E-state index contributed by atoms with van der Waals surface area (Å²) < 4.78 is 52.2. The van der Waals surface area contributed by atoms with Gasteiger partial charge in [0.1, 0.15) is 5.82 Å². The fourth-order valence-corrected chi connectivity index (χ4v) is 2.48. The molecule has 0 aliphatic heterocycles. The Kier molecular flexibility index (Phi) is 5.63. The second kappa shape index (κ2) is 6.50. The third kappa shape index (κ3) is 4.08. The maximum atomic E-state index is 14.0. The van der Waals surface area contributed by atoms with Crippen LogP contribution in [0.4, 0.5) is 13.2 Å². The predicted octanol–water partition coefficient (Wildman–Crippen LogP) is 4.77. The summed E-state index contributed by atoms with van der Waals surface area (Å²) in [4.78, 5) is 0. The Balaban J connectivity index is 3.03. The molecule has 0 saturated carbocycles. The SMILES string of the molecule is COCc1cc(F)c(CO[Si](C)(C)C(C)(C)C)c(F)c1F. The third-order valence-electron chi connectivity index (χ3n) is 4.01. The lowest BCUT2D eigenvalue weighted by atomic mass is 10.1. The van der Waals surface area contributed by atoms with Crippen molar-refractivity contribution in [2.75, 3.05) is 7.11 Å². The Hall–Kier alpha value is -0.853. The topological polar surface area (TPSA) is 18.5 Å². The van der Waals surface area contributed by atoms with Crippen LogP contribution >= 0.6 is 0 Å². The van der Waals surface area contributed by atoms with E-state index in [-0.39, 0.29) is 29.4 Å². The molecule has 0 unspecified atom stereocenters. The minimum atomic E-state index is -2.16. The van der Waals surface area contributed by atoms with Gasteiger partial charge in [-0.3, -0.25) is 0 Å². The van der Waals surface area contributed by atoms with Crippen LogP contribution in [0.15, 0.2) is 6.07 Å². The quantitative estimate of drug-likeness (QED) is 0.574. The summed E-state index contributed by atoms with van der Waals surface area (Å²) in [7, 11) is -0.823. The van der Waals surface area contributed by atoms with E-state index in [0.29, 0.717) is 0 Å². The zero-order valence-electron chi connectivity index (χ0n) is 13.4. The number of methoxy groups -OCH3 is 1. The van der Waals surface area contributed by atoms with E-state index in [9.17, 15) is 13.2 Å². The highest BCUT2D eigenvalue weighted by atomic mass is 28.4. The molecule has 1 aromatic carbocycles. The number of benzene rings is 1. The number of ether oxygens (including phenoxy) is 1.